The average molecular weight is 409 g/mol. The Bertz CT molecular complexity index is 1070. The lowest BCUT2D eigenvalue weighted by Crippen LogP contribution is -2.29. The fourth-order valence-corrected chi connectivity index (χ4v) is 4.29. The van der Waals surface area contributed by atoms with Gasteiger partial charge in [-0.25, -0.2) is 8.42 Å². The maximum absolute atomic E-state index is 12.8. The van der Waals surface area contributed by atoms with E-state index in [1.165, 1.54) is 11.4 Å². The minimum Gasteiger partial charge on any atom is -0.345 e. The van der Waals surface area contributed by atoms with Crippen LogP contribution in [0.1, 0.15) is 35.3 Å². The number of anilines is 1. The van der Waals surface area contributed by atoms with Crippen LogP contribution in [0.3, 0.4) is 0 Å². The zero-order chi connectivity index (χ0) is 20.9. The van der Waals surface area contributed by atoms with E-state index in [4.69, 9.17) is 0 Å². The molecule has 0 aliphatic heterocycles. The molecule has 1 amide bonds. The molecule has 0 saturated carbocycles. The van der Waals surface area contributed by atoms with Gasteiger partial charge in [0.05, 0.1) is 16.6 Å². The van der Waals surface area contributed by atoms with Gasteiger partial charge >= 0.3 is 0 Å². The molecule has 3 aromatic carbocycles. The van der Waals surface area contributed by atoms with Crippen LogP contribution in [0.2, 0.25) is 0 Å². The molecule has 1 unspecified atom stereocenters. The van der Waals surface area contributed by atoms with Crippen molar-refractivity contribution in [3.8, 4) is 0 Å². The molecule has 3 rings (SSSR count). The Hall–Kier alpha value is -3.12. The maximum atomic E-state index is 12.8. The van der Waals surface area contributed by atoms with Crippen molar-refractivity contribution < 1.29 is 13.2 Å². The van der Waals surface area contributed by atoms with Crippen LogP contribution in [-0.2, 0) is 10.0 Å². The van der Waals surface area contributed by atoms with E-state index in [1.807, 2.05) is 37.3 Å². The highest BCUT2D eigenvalue weighted by molar-refractivity contribution is 7.92. The van der Waals surface area contributed by atoms with Crippen LogP contribution in [-0.4, -0.2) is 21.4 Å². The standard InChI is InChI=1S/C23H24N2O3S/c1-3-22(18-11-6-4-7-12-18)24-23(26)19-13-10-14-20(17-19)25(2)29(27,28)21-15-8-5-9-16-21/h4-17,22H,3H2,1-2H3,(H,24,26). The summed E-state index contributed by atoms with van der Waals surface area (Å²) in [5.41, 5.74) is 1.87. The summed E-state index contributed by atoms with van der Waals surface area (Å²) >= 11 is 0. The molecule has 0 aromatic heterocycles. The van der Waals surface area contributed by atoms with Crippen LogP contribution in [0.4, 0.5) is 5.69 Å². The topological polar surface area (TPSA) is 66.5 Å². The molecule has 0 fully saturated rings. The lowest BCUT2D eigenvalue weighted by molar-refractivity contribution is 0.0935. The van der Waals surface area contributed by atoms with Gasteiger partial charge in [0.25, 0.3) is 15.9 Å². The SMILES string of the molecule is CCC(NC(=O)c1cccc(N(C)S(=O)(=O)c2ccccc2)c1)c1ccccc1. The van der Waals surface area contributed by atoms with Gasteiger partial charge in [0.1, 0.15) is 0 Å². The fraction of sp³-hybridized carbons (Fsp3) is 0.174. The van der Waals surface area contributed by atoms with Gasteiger partial charge in [0.15, 0.2) is 0 Å². The quantitative estimate of drug-likeness (QED) is 0.630. The third-order valence-corrected chi connectivity index (χ3v) is 6.59. The lowest BCUT2D eigenvalue weighted by Gasteiger charge is -2.21. The molecular weight excluding hydrogens is 384 g/mol. The van der Waals surface area contributed by atoms with Gasteiger partial charge in [-0.3, -0.25) is 9.10 Å². The Kier molecular flexibility index (Phi) is 6.34. The molecule has 0 spiro atoms. The van der Waals surface area contributed by atoms with Gasteiger partial charge in [-0.2, -0.15) is 0 Å². The molecular formula is C23H24N2O3S. The highest BCUT2D eigenvalue weighted by Gasteiger charge is 2.22. The number of sulfonamides is 1. The smallest absolute Gasteiger partial charge is 0.264 e. The first-order valence-electron chi connectivity index (χ1n) is 9.43. The van der Waals surface area contributed by atoms with Crippen molar-refractivity contribution in [1.82, 2.24) is 5.32 Å². The Morgan fingerprint density at radius 2 is 1.55 bits per heavy atom. The molecule has 150 valence electrons. The predicted octanol–water partition coefficient (Wildman–Crippen LogP) is 4.39. The monoisotopic (exact) mass is 408 g/mol. The molecule has 0 saturated heterocycles. The Balaban J connectivity index is 1.83. The predicted molar refractivity (Wildman–Crippen MR) is 115 cm³/mol. The van der Waals surface area contributed by atoms with Gasteiger partial charge in [0.2, 0.25) is 0 Å². The Labute approximate surface area is 172 Å². The summed E-state index contributed by atoms with van der Waals surface area (Å²) in [4.78, 5) is 13.0. The molecule has 0 heterocycles. The van der Waals surface area contributed by atoms with E-state index in [-0.39, 0.29) is 16.8 Å². The van der Waals surface area contributed by atoms with Crippen molar-refractivity contribution in [2.45, 2.75) is 24.3 Å². The van der Waals surface area contributed by atoms with Crippen molar-refractivity contribution in [2.75, 3.05) is 11.4 Å². The van der Waals surface area contributed by atoms with E-state index < -0.39 is 10.0 Å². The number of benzene rings is 3. The molecule has 3 aromatic rings. The first-order chi connectivity index (χ1) is 13.9. The largest absolute Gasteiger partial charge is 0.345 e. The zero-order valence-corrected chi connectivity index (χ0v) is 17.3. The number of rotatable bonds is 7. The van der Waals surface area contributed by atoms with Crippen LogP contribution in [0.5, 0.6) is 0 Å². The Morgan fingerprint density at radius 3 is 2.17 bits per heavy atom. The van der Waals surface area contributed by atoms with Crippen molar-refractivity contribution >= 4 is 21.6 Å². The van der Waals surface area contributed by atoms with Crippen LogP contribution >= 0.6 is 0 Å². The number of amides is 1. The van der Waals surface area contributed by atoms with E-state index in [0.717, 1.165) is 12.0 Å². The van der Waals surface area contributed by atoms with Crippen LogP contribution in [0.15, 0.2) is 89.8 Å². The Morgan fingerprint density at radius 1 is 0.931 bits per heavy atom. The second-order valence-electron chi connectivity index (χ2n) is 6.68. The second kappa shape index (κ2) is 8.92. The minimum absolute atomic E-state index is 0.113. The first kappa shape index (κ1) is 20.6. The normalized spacial score (nSPS) is 12.2. The molecule has 29 heavy (non-hydrogen) atoms. The molecule has 1 N–H and O–H groups in total. The number of nitrogens with one attached hydrogen (secondary N) is 1. The van der Waals surface area contributed by atoms with E-state index in [0.29, 0.717) is 11.3 Å². The first-order valence-corrected chi connectivity index (χ1v) is 10.9. The van der Waals surface area contributed by atoms with E-state index in [1.54, 1.807) is 54.6 Å². The van der Waals surface area contributed by atoms with Crippen LogP contribution < -0.4 is 9.62 Å². The summed E-state index contributed by atoms with van der Waals surface area (Å²) in [6.45, 7) is 2.01. The average Bonchev–Trinajstić information content (AvgIpc) is 2.78. The van der Waals surface area contributed by atoms with Crippen LogP contribution in [0.25, 0.3) is 0 Å². The second-order valence-corrected chi connectivity index (χ2v) is 8.65. The highest BCUT2D eigenvalue weighted by atomic mass is 32.2. The van der Waals surface area contributed by atoms with E-state index >= 15 is 0 Å². The molecule has 5 nitrogen and oxygen atoms in total. The van der Waals surface area contributed by atoms with Crippen molar-refractivity contribution in [3.05, 3.63) is 96.1 Å². The van der Waals surface area contributed by atoms with Gasteiger partial charge < -0.3 is 5.32 Å². The number of hydrogen-bond acceptors (Lipinski definition) is 3. The number of carbonyl (C=O) groups is 1. The molecule has 1 atom stereocenters. The van der Waals surface area contributed by atoms with Crippen LogP contribution in [0, 0.1) is 0 Å². The molecule has 0 aliphatic carbocycles. The lowest BCUT2D eigenvalue weighted by atomic mass is 10.0. The molecule has 0 radical (unpaired) electrons. The van der Waals surface area contributed by atoms with Crippen molar-refractivity contribution in [3.63, 3.8) is 0 Å². The van der Waals surface area contributed by atoms with Crippen molar-refractivity contribution in [1.29, 1.82) is 0 Å². The third-order valence-electron chi connectivity index (χ3n) is 4.79. The van der Waals surface area contributed by atoms with Crippen molar-refractivity contribution in [2.24, 2.45) is 0 Å². The summed E-state index contributed by atoms with van der Waals surface area (Å²) in [6, 6.07) is 24.5. The van der Waals surface area contributed by atoms with E-state index in [9.17, 15) is 13.2 Å². The van der Waals surface area contributed by atoms with Gasteiger partial charge in [0, 0.05) is 12.6 Å². The molecule has 6 heteroatoms. The van der Waals surface area contributed by atoms with E-state index in [2.05, 4.69) is 5.32 Å². The summed E-state index contributed by atoms with van der Waals surface area (Å²) in [7, 11) is -2.22. The third kappa shape index (κ3) is 4.66. The molecule has 0 bridgehead atoms. The fourth-order valence-electron chi connectivity index (χ4n) is 3.08. The highest BCUT2D eigenvalue weighted by Crippen LogP contribution is 2.23. The summed E-state index contributed by atoms with van der Waals surface area (Å²) in [5, 5.41) is 3.03. The van der Waals surface area contributed by atoms with Gasteiger partial charge in [-0.15, -0.1) is 0 Å². The number of nitrogens with zero attached hydrogens (tertiary/aromatic N) is 1. The summed E-state index contributed by atoms with van der Waals surface area (Å²) in [5.74, 6) is -0.243. The van der Waals surface area contributed by atoms with Gasteiger partial charge in [-0.1, -0.05) is 61.5 Å². The summed E-state index contributed by atoms with van der Waals surface area (Å²) in [6.07, 6.45) is 0.748. The summed E-state index contributed by atoms with van der Waals surface area (Å²) < 4.78 is 26.9. The molecule has 0 aliphatic rings. The zero-order valence-electron chi connectivity index (χ0n) is 16.4. The number of hydrogen-bond donors (Lipinski definition) is 1. The maximum Gasteiger partial charge on any atom is 0.264 e. The minimum atomic E-state index is -3.70. The number of carbonyl (C=O) groups excluding carboxylic acids is 1. The van der Waals surface area contributed by atoms with Gasteiger partial charge in [-0.05, 0) is 42.3 Å².